The molecule has 4 heterocycles. The molecule has 0 fully saturated rings. The molecule has 2 amide bonds. The molecular weight excluding hydrogens is 766 g/mol. The van der Waals surface area contributed by atoms with Gasteiger partial charge in [0.1, 0.15) is 12.0 Å². The topological polar surface area (TPSA) is 169 Å². The average Bonchev–Trinajstić information content (AvgIpc) is 3.90. The van der Waals surface area contributed by atoms with E-state index in [0.717, 1.165) is 40.1 Å². The molecular formula is C43H39F3N8O5. The molecule has 0 aliphatic rings. The van der Waals surface area contributed by atoms with Crippen LogP contribution in [0.4, 0.5) is 52.7 Å². The van der Waals surface area contributed by atoms with Gasteiger partial charge in [0.2, 0.25) is 0 Å². The van der Waals surface area contributed by atoms with Crippen LogP contribution in [0.15, 0.2) is 131 Å². The fraction of sp³-hybridized carbons (Fsp3) is 0.163. The second-order valence-electron chi connectivity index (χ2n) is 13.5. The van der Waals surface area contributed by atoms with Crippen LogP contribution >= 0.6 is 0 Å². The minimum absolute atomic E-state index is 0.0938. The van der Waals surface area contributed by atoms with Gasteiger partial charge in [0, 0.05) is 64.2 Å². The molecule has 4 aromatic heterocycles. The maximum Gasteiger partial charge on any atom is 0.416 e. The minimum Gasteiger partial charge on any atom is -0.449 e. The van der Waals surface area contributed by atoms with Crippen molar-refractivity contribution in [3.05, 3.63) is 144 Å². The van der Waals surface area contributed by atoms with E-state index in [1.165, 1.54) is 18.4 Å². The zero-order valence-corrected chi connectivity index (χ0v) is 32.3. The van der Waals surface area contributed by atoms with Gasteiger partial charge in [-0.2, -0.15) is 18.2 Å². The maximum atomic E-state index is 12.9. The molecule has 0 bridgehead atoms. The summed E-state index contributed by atoms with van der Waals surface area (Å²) in [6.45, 7) is 8.14. The zero-order valence-electron chi connectivity index (χ0n) is 32.3. The second-order valence-corrected chi connectivity index (χ2v) is 13.5. The number of hydrogen-bond donors (Lipinski definition) is 4. The summed E-state index contributed by atoms with van der Waals surface area (Å²) in [6.07, 6.45) is 4.86. The lowest BCUT2D eigenvalue weighted by Gasteiger charge is -2.12. The van der Waals surface area contributed by atoms with Crippen LogP contribution in [-0.4, -0.2) is 38.5 Å². The highest BCUT2D eigenvalue weighted by Gasteiger charge is 2.31. The number of nitrogens with zero attached hydrogens (tertiary/aromatic N) is 4. The molecule has 7 rings (SSSR count). The SMILES string of the molecule is Cc1ccc(NC(=O)OCC(C)C)cc1Nc1ncc(-c2cccnc2)o1.Cc1ccc(NC(=O)c2cccc(C(F)(F)F)c2)cc1Nc1nc(-c2cccnc2)co1. The van der Waals surface area contributed by atoms with Gasteiger partial charge in [0.25, 0.3) is 17.9 Å². The van der Waals surface area contributed by atoms with Gasteiger partial charge in [0.15, 0.2) is 5.76 Å². The summed E-state index contributed by atoms with van der Waals surface area (Å²) in [6, 6.07) is 22.8. The third-order valence-electron chi connectivity index (χ3n) is 8.38. The molecule has 3 aromatic carbocycles. The summed E-state index contributed by atoms with van der Waals surface area (Å²) in [5, 5.41) is 11.5. The molecule has 0 aliphatic heterocycles. The first-order valence-corrected chi connectivity index (χ1v) is 18.2. The Morgan fingerprint density at radius 1 is 0.763 bits per heavy atom. The molecule has 0 radical (unpaired) electrons. The number of hydrogen-bond acceptors (Lipinski definition) is 11. The first kappa shape index (κ1) is 41.2. The molecule has 59 heavy (non-hydrogen) atoms. The summed E-state index contributed by atoms with van der Waals surface area (Å²) in [5.74, 6) is 0.251. The van der Waals surface area contributed by atoms with Crippen LogP contribution in [0.1, 0.15) is 40.9 Å². The highest BCUT2D eigenvalue weighted by atomic mass is 19.4. The minimum atomic E-state index is -4.53. The lowest BCUT2D eigenvalue weighted by atomic mass is 10.1. The van der Waals surface area contributed by atoms with Crippen LogP contribution < -0.4 is 21.3 Å². The molecule has 0 aliphatic carbocycles. The van der Waals surface area contributed by atoms with E-state index in [1.807, 2.05) is 58.0 Å². The number of pyridine rings is 2. The number of anilines is 6. The number of rotatable bonds is 11. The first-order chi connectivity index (χ1) is 28.3. The summed E-state index contributed by atoms with van der Waals surface area (Å²) in [7, 11) is 0. The molecule has 0 spiro atoms. The van der Waals surface area contributed by atoms with Crippen molar-refractivity contribution in [2.45, 2.75) is 33.9 Å². The standard InChI is InChI=1S/C23H17F3N4O2.C20H22N4O3/c1-14-7-8-18(28-21(31)15-4-2-6-17(10-15)23(24,25)26)11-19(14)29-22-30-20(13-32-22)16-5-3-9-27-12-16;1-13(2)12-26-20(25)23-16-7-6-14(3)17(9-16)24-19-22-11-18(27-19)15-5-4-8-21-10-15/h2-13H,1H3,(H,28,31)(H,29,30);4-11,13H,12H2,1-3H3,(H,22,24)(H,23,25). The van der Waals surface area contributed by atoms with Crippen molar-refractivity contribution in [3.8, 4) is 22.6 Å². The predicted molar refractivity (Wildman–Crippen MR) is 218 cm³/mol. The van der Waals surface area contributed by atoms with Crippen LogP contribution in [0.3, 0.4) is 0 Å². The summed E-state index contributed by atoms with van der Waals surface area (Å²) < 4.78 is 55.1. The Bertz CT molecular complexity index is 2510. The Balaban J connectivity index is 0.000000201. The Hall–Kier alpha value is -7.49. The fourth-order valence-corrected chi connectivity index (χ4v) is 5.29. The van der Waals surface area contributed by atoms with Gasteiger partial charge in [-0.25, -0.2) is 9.78 Å². The van der Waals surface area contributed by atoms with Crippen molar-refractivity contribution in [2.75, 3.05) is 27.9 Å². The van der Waals surface area contributed by atoms with Gasteiger partial charge in [-0.3, -0.25) is 20.1 Å². The largest absolute Gasteiger partial charge is 0.449 e. The molecule has 16 heteroatoms. The van der Waals surface area contributed by atoms with Crippen molar-refractivity contribution in [2.24, 2.45) is 5.92 Å². The number of carbonyl (C=O) groups excluding carboxylic acids is 2. The second kappa shape index (κ2) is 18.6. The van der Waals surface area contributed by atoms with Gasteiger partial charge in [0.05, 0.1) is 18.4 Å². The molecule has 0 atom stereocenters. The van der Waals surface area contributed by atoms with Crippen LogP contribution in [-0.2, 0) is 10.9 Å². The number of oxazole rings is 2. The predicted octanol–water partition coefficient (Wildman–Crippen LogP) is 11.1. The smallest absolute Gasteiger partial charge is 0.416 e. The van der Waals surface area contributed by atoms with E-state index in [0.29, 0.717) is 41.1 Å². The Labute approximate surface area is 337 Å². The number of nitrogens with one attached hydrogen (secondary N) is 4. The average molecular weight is 805 g/mol. The number of aromatic nitrogens is 4. The molecule has 0 saturated carbocycles. The molecule has 302 valence electrons. The summed E-state index contributed by atoms with van der Waals surface area (Å²) in [4.78, 5) is 41.1. The third-order valence-corrected chi connectivity index (χ3v) is 8.38. The van der Waals surface area contributed by atoms with Crippen molar-refractivity contribution in [1.82, 2.24) is 19.9 Å². The van der Waals surface area contributed by atoms with E-state index in [4.69, 9.17) is 13.6 Å². The number of benzene rings is 3. The van der Waals surface area contributed by atoms with Crippen molar-refractivity contribution < 1.29 is 36.3 Å². The lowest BCUT2D eigenvalue weighted by Crippen LogP contribution is -2.16. The fourth-order valence-electron chi connectivity index (χ4n) is 5.29. The van der Waals surface area contributed by atoms with Crippen molar-refractivity contribution >= 4 is 46.8 Å². The number of carbonyl (C=O) groups is 2. The molecule has 0 unspecified atom stereocenters. The van der Waals surface area contributed by atoms with E-state index in [-0.39, 0.29) is 17.5 Å². The van der Waals surface area contributed by atoms with E-state index in [1.54, 1.807) is 61.3 Å². The van der Waals surface area contributed by atoms with E-state index < -0.39 is 23.7 Å². The van der Waals surface area contributed by atoms with Crippen LogP contribution in [0.25, 0.3) is 22.6 Å². The molecule has 4 N–H and O–H groups in total. The normalized spacial score (nSPS) is 11.0. The molecule has 0 saturated heterocycles. The van der Waals surface area contributed by atoms with Gasteiger partial charge in [-0.1, -0.05) is 32.0 Å². The number of ether oxygens (including phenoxy) is 1. The van der Waals surface area contributed by atoms with E-state index in [2.05, 4.69) is 41.2 Å². The van der Waals surface area contributed by atoms with E-state index >= 15 is 0 Å². The lowest BCUT2D eigenvalue weighted by molar-refractivity contribution is -0.137. The van der Waals surface area contributed by atoms with Crippen LogP contribution in [0.2, 0.25) is 0 Å². The Morgan fingerprint density at radius 3 is 2.03 bits per heavy atom. The van der Waals surface area contributed by atoms with Crippen LogP contribution in [0.5, 0.6) is 0 Å². The van der Waals surface area contributed by atoms with Gasteiger partial charge in [-0.05, 0) is 97.6 Å². The van der Waals surface area contributed by atoms with Crippen molar-refractivity contribution in [3.63, 3.8) is 0 Å². The highest BCUT2D eigenvalue weighted by molar-refractivity contribution is 6.04. The quantitative estimate of drug-likeness (QED) is 0.0981. The Kier molecular flexibility index (Phi) is 13.0. The molecule has 7 aromatic rings. The van der Waals surface area contributed by atoms with Crippen molar-refractivity contribution in [1.29, 1.82) is 0 Å². The number of alkyl halides is 3. The summed E-state index contributed by atoms with van der Waals surface area (Å²) >= 11 is 0. The number of halogens is 3. The number of amides is 2. The monoisotopic (exact) mass is 804 g/mol. The maximum absolute atomic E-state index is 12.9. The third kappa shape index (κ3) is 11.5. The van der Waals surface area contributed by atoms with E-state index in [9.17, 15) is 22.8 Å². The van der Waals surface area contributed by atoms with Crippen LogP contribution in [0, 0.1) is 19.8 Å². The highest BCUT2D eigenvalue weighted by Crippen LogP contribution is 2.31. The first-order valence-electron chi connectivity index (χ1n) is 18.2. The Morgan fingerprint density at radius 2 is 1.41 bits per heavy atom. The number of aryl methyl sites for hydroxylation is 2. The summed E-state index contributed by atoms with van der Waals surface area (Å²) in [5.41, 5.74) is 5.51. The molecule has 13 nitrogen and oxygen atoms in total. The van der Waals surface area contributed by atoms with Gasteiger partial charge in [-0.15, -0.1) is 0 Å². The van der Waals surface area contributed by atoms with Gasteiger partial charge < -0.3 is 29.5 Å². The van der Waals surface area contributed by atoms with Gasteiger partial charge >= 0.3 is 12.3 Å². The zero-order chi connectivity index (χ0) is 41.9.